The molecule has 33 heavy (non-hydrogen) atoms. The summed E-state index contributed by atoms with van der Waals surface area (Å²) in [6, 6.07) is 21.2. The Bertz CT molecular complexity index is 1590. The molecule has 0 saturated heterocycles. The molecule has 7 heteroatoms. The Kier molecular flexibility index (Phi) is 4.55. The van der Waals surface area contributed by atoms with E-state index in [-0.39, 0.29) is 22.6 Å². The Balaban J connectivity index is 1.58. The van der Waals surface area contributed by atoms with E-state index in [1.165, 1.54) is 12.1 Å². The van der Waals surface area contributed by atoms with Crippen LogP contribution in [-0.4, -0.2) is 23.4 Å². The van der Waals surface area contributed by atoms with Crippen LogP contribution in [0.15, 0.2) is 78.0 Å². The number of nitrogens with zero attached hydrogens (tertiary/aromatic N) is 2. The van der Waals surface area contributed by atoms with Gasteiger partial charge in [0.1, 0.15) is 5.82 Å². The van der Waals surface area contributed by atoms with Crippen molar-refractivity contribution in [1.29, 1.82) is 0 Å². The van der Waals surface area contributed by atoms with E-state index in [2.05, 4.69) is 9.97 Å². The number of nitrogens with one attached hydrogen (secondary N) is 1. The van der Waals surface area contributed by atoms with Crippen LogP contribution in [0.2, 0.25) is 0 Å². The molecule has 0 amide bonds. The van der Waals surface area contributed by atoms with Gasteiger partial charge in [0, 0.05) is 17.0 Å². The highest BCUT2D eigenvalue weighted by molar-refractivity contribution is 7.90. The van der Waals surface area contributed by atoms with E-state index in [1.807, 2.05) is 36.4 Å². The van der Waals surface area contributed by atoms with E-state index in [4.69, 9.17) is 4.98 Å². The number of para-hydroxylation sites is 3. The van der Waals surface area contributed by atoms with Crippen molar-refractivity contribution in [3.05, 3.63) is 89.9 Å². The van der Waals surface area contributed by atoms with Crippen LogP contribution in [-0.2, 0) is 15.6 Å². The normalized spacial score (nSPS) is 14.2. The van der Waals surface area contributed by atoms with E-state index in [0.29, 0.717) is 16.6 Å². The Morgan fingerprint density at radius 2 is 1.58 bits per heavy atom. The third kappa shape index (κ3) is 3.58. The molecule has 6 rings (SSSR count). The summed E-state index contributed by atoms with van der Waals surface area (Å²) in [5, 5.41) is 0.798. The second kappa shape index (κ2) is 7.49. The van der Waals surface area contributed by atoms with Gasteiger partial charge in [-0.15, -0.1) is 0 Å². The van der Waals surface area contributed by atoms with Gasteiger partial charge in [0.05, 0.1) is 22.3 Å². The van der Waals surface area contributed by atoms with Gasteiger partial charge in [0.15, 0.2) is 0 Å². The molecule has 3 aromatic carbocycles. The monoisotopic (exact) mass is 457 g/mol. The molecule has 1 saturated carbocycles. The number of fused-ring (bicyclic) bond motifs is 2. The Hall–Kier alpha value is -3.58. The zero-order chi connectivity index (χ0) is 22.6. The second-order valence-electron chi connectivity index (χ2n) is 8.47. The van der Waals surface area contributed by atoms with E-state index in [0.717, 1.165) is 40.6 Å². The molecule has 1 N–H and O–H groups in total. The summed E-state index contributed by atoms with van der Waals surface area (Å²) in [6.45, 7) is 0. The van der Waals surface area contributed by atoms with Gasteiger partial charge in [0.25, 0.3) is 0 Å². The third-order valence-electron chi connectivity index (χ3n) is 6.12. The molecule has 5 aromatic rings. The standard InChI is InChI=1S/C26H20FN3O2S/c27-18-13-11-16(12-14-18)24-19-5-1-2-6-21(19)28-25(17-9-10-17)20(24)15-33(31,32)26-29-22-7-3-4-8-23(22)30-26/h1-8,11-14,17H,9-10,15H2,(H,29,30). The molecule has 0 aliphatic heterocycles. The zero-order valence-corrected chi connectivity index (χ0v) is 18.4. The molecule has 2 aromatic heterocycles. The van der Waals surface area contributed by atoms with E-state index >= 15 is 0 Å². The first-order chi connectivity index (χ1) is 16.0. The fraction of sp³-hybridized carbons (Fsp3) is 0.154. The summed E-state index contributed by atoms with van der Waals surface area (Å²) >= 11 is 0. The average molecular weight is 458 g/mol. The van der Waals surface area contributed by atoms with Gasteiger partial charge < -0.3 is 4.98 Å². The van der Waals surface area contributed by atoms with Crippen molar-refractivity contribution in [2.75, 3.05) is 0 Å². The maximum atomic E-state index is 13.7. The molecule has 1 fully saturated rings. The number of benzene rings is 3. The van der Waals surface area contributed by atoms with Gasteiger partial charge in [-0.2, -0.15) is 0 Å². The smallest absolute Gasteiger partial charge is 0.226 e. The van der Waals surface area contributed by atoms with Crippen molar-refractivity contribution in [1.82, 2.24) is 15.0 Å². The first kappa shape index (κ1) is 20.1. The quantitative estimate of drug-likeness (QED) is 0.364. The molecule has 164 valence electrons. The number of pyridine rings is 1. The molecular weight excluding hydrogens is 437 g/mol. The molecule has 5 nitrogen and oxygen atoms in total. The van der Waals surface area contributed by atoms with Crippen molar-refractivity contribution in [3.8, 4) is 11.1 Å². The van der Waals surface area contributed by atoms with Crippen LogP contribution >= 0.6 is 0 Å². The minimum atomic E-state index is -3.79. The number of halogens is 1. The number of hydrogen-bond acceptors (Lipinski definition) is 4. The second-order valence-corrected chi connectivity index (χ2v) is 10.4. The van der Waals surface area contributed by atoms with Crippen LogP contribution < -0.4 is 0 Å². The molecule has 1 aliphatic rings. The number of imidazole rings is 1. The molecular formula is C26H20FN3O2S. The van der Waals surface area contributed by atoms with E-state index < -0.39 is 9.84 Å². The third-order valence-corrected chi connectivity index (χ3v) is 7.57. The van der Waals surface area contributed by atoms with Crippen LogP contribution in [0.25, 0.3) is 33.1 Å². The molecule has 1 aliphatic carbocycles. The number of H-pyrrole nitrogens is 1. The summed E-state index contributed by atoms with van der Waals surface area (Å²) in [5.41, 5.74) is 5.14. The van der Waals surface area contributed by atoms with Crippen LogP contribution in [0.3, 0.4) is 0 Å². The molecule has 0 bridgehead atoms. The fourth-order valence-corrected chi connectivity index (χ4v) is 5.70. The fourth-order valence-electron chi connectivity index (χ4n) is 4.39. The molecule has 2 heterocycles. The lowest BCUT2D eigenvalue weighted by Gasteiger charge is -2.17. The lowest BCUT2D eigenvalue weighted by atomic mass is 9.93. The molecule has 0 atom stereocenters. The summed E-state index contributed by atoms with van der Waals surface area (Å²) < 4.78 is 40.8. The van der Waals surface area contributed by atoms with Gasteiger partial charge in [-0.3, -0.25) is 4.98 Å². The summed E-state index contributed by atoms with van der Waals surface area (Å²) in [7, 11) is -3.79. The Morgan fingerprint density at radius 1 is 0.879 bits per heavy atom. The lowest BCUT2D eigenvalue weighted by molar-refractivity contribution is 0.588. The molecule has 0 spiro atoms. The lowest BCUT2D eigenvalue weighted by Crippen LogP contribution is -2.11. The van der Waals surface area contributed by atoms with Gasteiger partial charge in [0.2, 0.25) is 15.0 Å². The highest BCUT2D eigenvalue weighted by Crippen LogP contribution is 2.45. The number of rotatable bonds is 5. The number of sulfone groups is 1. The average Bonchev–Trinajstić information content (AvgIpc) is 3.56. The van der Waals surface area contributed by atoms with Gasteiger partial charge in [-0.1, -0.05) is 42.5 Å². The summed E-state index contributed by atoms with van der Waals surface area (Å²) in [5.74, 6) is -0.339. The minimum Gasteiger partial charge on any atom is -0.329 e. The molecule has 0 radical (unpaired) electrons. The first-order valence-electron chi connectivity index (χ1n) is 10.8. The summed E-state index contributed by atoms with van der Waals surface area (Å²) in [6.07, 6.45) is 1.96. The van der Waals surface area contributed by atoms with Crippen molar-refractivity contribution in [3.63, 3.8) is 0 Å². The predicted octanol–water partition coefficient (Wildman–Crippen LogP) is 5.77. The van der Waals surface area contributed by atoms with E-state index in [1.54, 1.807) is 24.3 Å². The topological polar surface area (TPSA) is 75.7 Å². The van der Waals surface area contributed by atoms with Crippen molar-refractivity contribution in [2.45, 2.75) is 29.7 Å². The minimum absolute atomic E-state index is 0.0522. The predicted molar refractivity (Wildman–Crippen MR) is 126 cm³/mol. The maximum Gasteiger partial charge on any atom is 0.226 e. The van der Waals surface area contributed by atoms with Crippen molar-refractivity contribution < 1.29 is 12.8 Å². The number of aromatic nitrogens is 3. The van der Waals surface area contributed by atoms with Gasteiger partial charge in [-0.25, -0.2) is 17.8 Å². The van der Waals surface area contributed by atoms with Crippen LogP contribution in [0, 0.1) is 5.82 Å². The van der Waals surface area contributed by atoms with E-state index in [9.17, 15) is 12.8 Å². The van der Waals surface area contributed by atoms with Crippen LogP contribution in [0.1, 0.15) is 30.0 Å². The largest absolute Gasteiger partial charge is 0.329 e. The number of hydrogen-bond donors (Lipinski definition) is 1. The van der Waals surface area contributed by atoms with Crippen LogP contribution in [0.4, 0.5) is 4.39 Å². The highest BCUT2D eigenvalue weighted by Gasteiger charge is 2.33. The first-order valence-corrected chi connectivity index (χ1v) is 12.5. The maximum absolute atomic E-state index is 13.7. The zero-order valence-electron chi connectivity index (χ0n) is 17.6. The van der Waals surface area contributed by atoms with Crippen molar-refractivity contribution in [2.24, 2.45) is 0 Å². The summed E-state index contributed by atoms with van der Waals surface area (Å²) in [4.78, 5) is 12.2. The Morgan fingerprint density at radius 3 is 2.30 bits per heavy atom. The SMILES string of the molecule is O=S(=O)(Cc1c(C2CC2)nc2ccccc2c1-c1ccc(F)cc1)c1nc2ccccc2[nH]1. The highest BCUT2D eigenvalue weighted by atomic mass is 32.2. The van der Waals surface area contributed by atoms with Gasteiger partial charge >= 0.3 is 0 Å². The Labute approximate surface area is 190 Å². The van der Waals surface area contributed by atoms with Gasteiger partial charge in [-0.05, 0) is 59.9 Å². The van der Waals surface area contributed by atoms with Crippen molar-refractivity contribution >= 4 is 31.8 Å². The van der Waals surface area contributed by atoms with Crippen LogP contribution in [0.5, 0.6) is 0 Å². The molecule has 0 unspecified atom stereocenters. The number of aromatic amines is 1.